The molecule has 78 valence electrons. The smallest absolute Gasteiger partial charge is 0.116 e. The van der Waals surface area contributed by atoms with Gasteiger partial charge in [0, 0.05) is 0 Å². The molecule has 0 saturated carbocycles. The van der Waals surface area contributed by atoms with Crippen LogP contribution in [0, 0.1) is 18.3 Å². The lowest BCUT2D eigenvalue weighted by molar-refractivity contribution is 0.475. The number of rotatable bonds is 1. The quantitative estimate of drug-likeness (QED) is 0.783. The molecular weight excluding hydrogens is 198 g/mol. The van der Waals surface area contributed by atoms with Crippen LogP contribution < -0.4 is 0 Å². The first-order valence-corrected chi connectivity index (χ1v) is 5.01. The first kappa shape index (κ1) is 10.3. The molecule has 0 unspecified atom stereocenters. The lowest BCUT2D eigenvalue weighted by Gasteiger charge is -2.06. The van der Waals surface area contributed by atoms with E-state index >= 15 is 0 Å². The molecule has 0 saturated heterocycles. The largest absolute Gasteiger partial charge is 0.508 e. The van der Waals surface area contributed by atoms with Gasteiger partial charge in [-0.2, -0.15) is 5.26 Å². The Kier molecular flexibility index (Phi) is 2.61. The minimum absolute atomic E-state index is 0.211. The lowest BCUT2D eigenvalue weighted by Crippen LogP contribution is -1.87. The molecule has 0 fully saturated rings. The van der Waals surface area contributed by atoms with Gasteiger partial charge in [0.1, 0.15) is 11.8 Å². The van der Waals surface area contributed by atoms with Crippen LogP contribution in [0.25, 0.3) is 11.1 Å². The summed E-state index contributed by atoms with van der Waals surface area (Å²) in [6, 6.07) is 14.8. The highest BCUT2D eigenvalue weighted by Crippen LogP contribution is 2.27. The third kappa shape index (κ3) is 1.76. The number of phenols is 1. The molecule has 0 radical (unpaired) electrons. The fraction of sp³-hybridized carbons (Fsp3) is 0.0714. The van der Waals surface area contributed by atoms with E-state index in [4.69, 9.17) is 5.26 Å². The van der Waals surface area contributed by atoms with Crippen molar-refractivity contribution in [3.05, 3.63) is 53.6 Å². The van der Waals surface area contributed by atoms with Gasteiger partial charge in [0.05, 0.1) is 5.56 Å². The summed E-state index contributed by atoms with van der Waals surface area (Å²) < 4.78 is 0. The van der Waals surface area contributed by atoms with Crippen LogP contribution in [0.4, 0.5) is 0 Å². The Hall–Kier alpha value is -2.27. The van der Waals surface area contributed by atoms with E-state index in [2.05, 4.69) is 6.07 Å². The Balaban J connectivity index is 2.66. The normalized spacial score (nSPS) is 9.75. The van der Waals surface area contributed by atoms with Crippen molar-refractivity contribution in [1.82, 2.24) is 0 Å². The molecule has 2 rings (SSSR count). The molecule has 2 nitrogen and oxygen atoms in total. The molecule has 0 atom stereocenters. The van der Waals surface area contributed by atoms with E-state index in [1.54, 1.807) is 18.2 Å². The van der Waals surface area contributed by atoms with E-state index in [0.717, 1.165) is 16.7 Å². The first-order valence-electron chi connectivity index (χ1n) is 5.01. The minimum atomic E-state index is 0.211. The molecule has 2 aromatic rings. The van der Waals surface area contributed by atoms with Crippen molar-refractivity contribution in [3.8, 4) is 22.9 Å². The molecule has 0 bridgehead atoms. The Morgan fingerprint density at radius 1 is 1.12 bits per heavy atom. The predicted octanol–water partition coefficient (Wildman–Crippen LogP) is 3.24. The second kappa shape index (κ2) is 4.08. The van der Waals surface area contributed by atoms with Gasteiger partial charge in [0.15, 0.2) is 0 Å². The third-order valence-electron chi connectivity index (χ3n) is 2.54. The van der Waals surface area contributed by atoms with Crippen molar-refractivity contribution in [1.29, 1.82) is 5.26 Å². The molecule has 1 N–H and O–H groups in total. The highest BCUT2D eigenvalue weighted by atomic mass is 16.3. The maximum Gasteiger partial charge on any atom is 0.116 e. The van der Waals surface area contributed by atoms with Crippen LogP contribution in [-0.4, -0.2) is 5.11 Å². The average molecular weight is 209 g/mol. The Bertz CT molecular complexity index is 567. The average Bonchev–Trinajstić information content (AvgIpc) is 2.28. The van der Waals surface area contributed by atoms with Crippen LogP contribution in [-0.2, 0) is 0 Å². The molecule has 0 aliphatic heterocycles. The summed E-state index contributed by atoms with van der Waals surface area (Å²) in [7, 11) is 0. The van der Waals surface area contributed by atoms with Crippen molar-refractivity contribution < 1.29 is 5.11 Å². The van der Waals surface area contributed by atoms with Crippen molar-refractivity contribution in [2.75, 3.05) is 0 Å². The molecule has 0 aromatic heterocycles. The van der Waals surface area contributed by atoms with E-state index < -0.39 is 0 Å². The Morgan fingerprint density at radius 2 is 1.88 bits per heavy atom. The highest BCUT2D eigenvalue weighted by molar-refractivity contribution is 5.72. The molecule has 0 aliphatic rings. The van der Waals surface area contributed by atoms with Crippen LogP contribution in [0.2, 0.25) is 0 Å². The number of aryl methyl sites for hydroxylation is 1. The van der Waals surface area contributed by atoms with Crippen molar-refractivity contribution in [2.24, 2.45) is 0 Å². The summed E-state index contributed by atoms with van der Waals surface area (Å²) in [6.45, 7) is 1.91. The first-order chi connectivity index (χ1) is 7.72. The number of aromatic hydroxyl groups is 1. The van der Waals surface area contributed by atoms with Crippen LogP contribution in [0.15, 0.2) is 42.5 Å². The zero-order valence-corrected chi connectivity index (χ0v) is 8.94. The monoisotopic (exact) mass is 209 g/mol. The lowest BCUT2D eigenvalue weighted by atomic mass is 9.97. The Morgan fingerprint density at radius 3 is 2.56 bits per heavy atom. The summed E-state index contributed by atoms with van der Waals surface area (Å²) in [5.74, 6) is 0.211. The standard InChI is InChI=1S/C14H11NO/c1-10-4-2-7-13(14(10)9-15)11-5-3-6-12(16)8-11/h2-8,16H,1H3. The second-order valence-electron chi connectivity index (χ2n) is 3.66. The van der Waals surface area contributed by atoms with E-state index in [1.165, 1.54) is 0 Å². The maximum absolute atomic E-state index is 9.42. The summed E-state index contributed by atoms with van der Waals surface area (Å²) in [6.07, 6.45) is 0. The Labute approximate surface area is 94.4 Å². The number of nitrogens with zero attached hydrogens (tertiary/aromatic N) is 1. The van der Waals surface area contributed by atoms with Gasteiger partial charge in [0.2, 0.25) is 0 Å². The minimum Gasteiger partial charge on any atom is -0.508 e. The van der Waals surface area contributed by atoms with Gasteiger partial charge in [-0.3, -0.25) is 0 Å². The van der Waals surface area contributed by atoms with E-state index in [-0.39, 0.29) is 5.75 Å². The molecule has 0 heterocycles. The maximum atomic E-state index is 9.42. The van der Waals surface area contributed by atoms with Crippen LogP contribution in [0.5, 0.6) is 5.75 Å². The number of nitriles is 1. The summed E-state index contributed by atoms with van der Waals surface area (Å²) in [5.41, 5.74) is 3.33. The number of phenolic OH excluding ortho intramolecular Hbond substituents is 1. The number of hydrogen-bond donors (Lipinski definition) is 1. The van der Waals surface area contributed by atoms with Gasteiger partial charge < -0.3 is 5.11 Å². The zero-order chi connectivity index (χ0) is 11.5. The van der Waals surface area contributed by atoms with Crippen LogP contribution >= 0.6 is 0 Å². The highest BCUT2D eigenvalue weighted by Gasteiger charge is 2.07. The van der Waals surface area contributed by atoms with E-state index in [9.17, 15) is 5.11 Å². The van der Waals surface area contributed by atoms with Crippen LogP contribution in [0.3, 0.4) is 0 Å². The molecule has 0 spiro atoms. The van der Waals surface area contributed by atoms with Gasteiger partial charge in [-0.1, -0.05) is 30.3 Å². The molecule has 2 aromatic carbocycles. The fourth-order valence-electron chi connectivity index (χ4n) is 1.73. The van der Waals surface area contributed by atoms with Gasteiger partial charge in [0.25, 0.3) is 0 Å². The number of benzene rings is 2. The fourth-order valence-corrected chi connectivity index (χ4v) is 1.73. The topological polar surface area (TPSA) is 44.0 Å². The molecule has 0 aliphatic carbocycles. The van der Waals surface area contributed by atoms with Crippen molar-refractivity contribution in [2.45, 2.75) is 6.92 Å². The summed E-state index contributed by atoms with van der Waals surface area (Å²) in [5, 5.41) is 18.5. The zero-order valence-electron chi connectivity index (χ0n) is 8.94. The van der Waals surface area contributed by atoms with Gasteiger partial charge in [-0.05, 0) is 35.7 Å². The number of hydrogen-bond acceptors (Lipinski definition) is 2. The van der Waals surface area contributed by atoms with E-state index in [1.807, 2.05) is 31.2 Å². The van der Waals surface area contributed by atoms with Gasteiger partial charge in [-0.15, -0.1) is 0 Å². The molecule has 0 amide bonds. The molecule has 16 heavy (non-hydrogen) atoms. The summed E-state index contributed by atoms with van der Waals surface area (Å²) in [4.78, 5) is 0. The van der Waals surface area contributed by atoms with Gasteiger partial charge in [-0.25, -0.2) is 0 Å². The van der Waals surface area contributed by atoms with E-state index in [0.29, 0.717) is 5.56 Å². The second-order valence-corrected chi connectivity index (χ2v) is 3.66. The predicted molar refractivity (Wildman–Crippen MR) is 63.0 cm³/mol. The SMILES string of the molecule is Cc1cccc(-c2cccc(O)c2)c1C#N. The molecular formula is C14H11NO. The van der Waals surface area contributed by atoms with Gasteiger partial charge >= 0.3 is 0 Å². The third-order valence-corrected chi connectivity index (χ3v) is 2.54. The molecule has 2 heteroatoms. The van der Waals surface area contributed by atoms with Crippen molar-refractivity contribution in [3.63, 3.8) is 0 Å². The van der Waals surface area contributed by atoms with Crippen LogP contribution in [0.1, 0.15) is 11.1 Å². The summed E-state index contributed by atoms with van der Waals surface area (Å²) >= 11 is 0. The van der Waals surface area contributed by atoms with Crippen molar-refractivity contribution >= 4 is 0 Å².